The van der Waals surface area contributed by atoms with Crippen LogP contribution in [0, 0.1) is 0 Å². The molecule has 0 fully saturated rings. The van der Waals surface area contributed by atoms with E-state index in [0.717, 1.165) is 24.2 Å². The molecular weight excluding hydrogens is 396 g/mol. The Kier molecular flexibility index (Phi) is 7.39. The molecule has 7 heteroatoms. The third-order valence-electron chi connectivity index (χ3n) is 5.33. The topological polar surface area (TPSA) is 59.3 Å². The molecule has 1 atom stereocenters. The van der Waals surface area contributed by atoms with Gasteiger partial charge >= 0.3 is 0 Å². The molecule has 0 aliphatic carbocycles. The molecule has 2 aromatic carbocycles. The number of benzene rings is 2. The van der Waals surface area contributed by atoms with E-state index in [1.807, 2.05) is 42.9 Å². The molecule has 30 heavy (non-hydrogen) atoms. The number of carbonyl (C=O) groups excluding carboxylic acids is 1. The fourth-order valence-corrected chi connectivity index (χ4v) is 4.33. The Morgan fingerprint density at radius 2 is 1.77 bits per heavy atom. The summed E-state index contributed by atoms with van der Waals surface area (Å²) in [5.74, 6) is -0.0683. The number of nitrogens with one attached hydrogen (secondary N) is 1. The normalized spacial score (nSPS) is 12.4. The standard InChI is InChI=1S/C23H30N4O2S/c1-5-26(6-2)30-19-13-11-18(12-14-19)17(3)24-22(28)15-16-27-23(29)20-9-7-8-10-21(20)25(27)4/h7-14,17H,5-6,15-16H2,1-4H3,(H,24,28). The zero-order valence-electron chi connectivity index (χ0n) is 18.1. The van der Waals surface area contributed by atoms with Crippen molar-refractivity contribution < 1.29 is 4.79 Å². The molecule has 0 spiro atoms. The van der Waals surface area contributed by atoms with Gasteiger partial charge in [0.1, 0.15) is 0 Å². The lowest BCUT2D eigenvalue weighted by Gasteiger charge is -2.18. The summed E-state index contributed by atoms with van der Waals surface area (Å²) in [6.07, 6.45) is 0.254. The average Bonchev–Trinajstić information content (AvgIpc) is 3.01. The van der Waals surface area contributed by atoms with E-state index in [1.54, 1.807) is 16.6 Å². The predicted molar refractivity (Wildman–Crippen MR) is 124 cm³/mol. The van der Waals surface area contributed by atoms with Gasteiger partial charge in [0.05, 0.1) is 23.5 Å². The van der Waals surface area contributed by atoms with Crippen LogP contribution in [-0.4, -0.2) is 32.7 Å². The highest BCUT2D eigenvalue weighted by molar-refractivity contribution is 7.97. The fraction of sp³-hybridized carbons (Fsp3) is 0.391. The monoisotopic (exact) mass is 426 g/mol. The van der Waals surface area contributed by atoms with E-state index in [4.69, 9.17) is 0 Å². The molecule has 0 aliphatic rings. The Hall–Kier alpha value is -2.51. The van der Waals surface area contributed by atoms with Crippen molar-refractivity contribution in [2.45, 2.75) is 44.7 Å². The lowest BCUT2D eigenvalue weighted by atomic mass is 10.1. The van der Waals surface area contributed by atoms with Gasteiger partial charge in [0, 0.05) is 31.5 Å². The van der Waals surface area contributed by atoms with E-state index in [-0.39, 0.29) is 23.9 Å². The number of hydrogen-bond acceptors (Lipinski definition) is 4. The second-order valence-electron chi connectivity index (χ2n) is 7.28. The van der Waals surface area contributed by atoms with E-state index in [1.165, 1.54) is 4.90 Å². The Balaban J connectivity index is 1.58. The fourth-order valence-electron chi connectivity index (χ4n) is 3.52. The zero-order chi connectivity index (χ0) is 21.7. The minimum Gasteiger partial charge on any atom is -0.350 e. The average molecular weight is 427 g/mol. The molecule has 0 saturated carbocycles. The quantitative estimate of drug-likeness (QED) is 0.526. The van der Waals surface area contributed by atoms with Crippen LogP contribution in [0.15, 0.2) is 58.2 Å². The second kappa shape index (κ2) is 10.00. The van der Waals surface area contributed by atoms with Crippen LogP contribution in [-0.2, 0) is 18.4 Å². The summed E-state index contributed by atoms with van der Waals surface area (Å²) in [6, 6.07) is 15.7. The Morgan fingerprint density at radius 3 is 2.40 bits per heavy atom. The smallest absolute Gasteiger partial charge is 0.274 e. The van der Waals surface area contributed by atoms with E-state index in [9.17, 15) is 9.59 Å². The van der Waals surface area contributed by atoms with Crippen LogP contribution in [0.3, 0.4) is 0 Å². The van der Waals surface area contributed by atoms with Gasteiger partial charge in [-0.3, -0.25) is 14.3 Å². The second-order valence-corrected chi connectivity index (χ2v) is 8.45. The van der Waals surface area contributed by atoms with Gasteiger partial charge in [0.2, 0.25) is 5.91 Å². The molecule has 1 amide bonds. The first-order valence-corrected chi connectivity index (χ1v) is 11.2. The summed E-state index contributed by atoms with van der Waals surface area (Å²) in [7, 11) is 1.85. The maximum atomic E-state index is 12.6. The van der Waals surface area contributed by atoms with Crippen molar-refractivity contribution >= 4 is 28.8 Å². The maximum absolute atomic E-state index is 12.6. The molecule has 1 heterocycles. The van der Waals surface area contributed by atoms with Crippen molar-refractivity contribution in [3.8, 4) is 0 Å². The van der Waals surface area contributed by atoms with Gasteiger partial charge in [-0.05, 0) is 48.7 Å². The predicted octanol–water partition coefficient (Wildman–Crippen LogP) is 3.96. The van der Waals surface area contributed by atoms with Gasteiger partial charge < -0.3 is 5.32 Å². The third kappa shape index (κ3) is 4.96. The Labute approximate surface area is 182 Å². The highest BCUT2D eigenvalue weighted by Gasteiger charge is 2.14. The summed E-state index contributed by atoms with van der Waals surface area (Å²) in [4.78, 5) is 26.2. The van der Waals surface area contributed by atoms with E-state index >= 15 is 0 Å². The molecule has 0 radical (unpaired) electrons. The first-order valence-electron chi connectivity index (χ1n) is 10.4. The lowest BCUT2D eigenvalue weighted by molar-refractivity contribution is -0.122. The first kappa shape index (κ1) is 22.2. The van der Waals surface area contributed by atoms with Crippen LogP contribution in [0.1, 0.15) is 38.8 Å². The van der Waals surface area contributed by atoms with Gasteiger partial charge in [-0.15, -0.1) is 0 Å². The van der Waals surface area contributed by atoms with Crippen molar-refractivity contribution in [3.05, 3.63) is 64.4 Å². The van der Waals surface area contributed by atoms with E-state index < -0.39 is 0 Å². The van der Waals surface area contributed by atoms with Gasteiger partial charge in [0.25, 0.3) is 5.56 Å². The number of fused-ring (bicyclic) bond motifs is 1. The van der Waals surface area contributed by atoms with Crippen LogP contribution >= 0.6 is 11.9 Å². The Morgan fingerprint density at radius 1 is 1.10 bits per heavy atom. The summed E-state index contributed by atoms with van der Waals surface area (Å²) in [6.45, 7) is 8.61. The minimum atomic E-state index is -0.0887. The highest BCUT2D eigenvalue weighted by Crippen LogP contribution is 2.24. The molecule has 1 aromatic heterocycles. The summed E-state index contributed by atoms with van der Waals surface area (Å²) in [5.41, 5.74) is 1.88. The van der Waals surface area contributed by atoms with Gasteiger partial charge in [0.15, 0.2) is 0 Å². The summed E-state index contributed by atoms with van der Waals surface area (Å²) in [5, 5.41) is 3.72. The number of rotatable bonds is 9. The molecule has 1 unspecified atom stereocenters. The zero-order valence-corrected chi connectivity index (χ0v) is 18.9. The number of aromatic nitrogens is 2. The van der Waals surface area contributed by atoms with E-state index in [0.29, 0.717) is 11.9 Å². The molecule has 6 nitrogen and oxygen atoms in total. The van der Waals surface area contributed by atoms with Crippen LogP contribution in [0.4, 0.5) is 0 Å². The Bertz CT molecular complexity index is 1050. The largest absolute Gasteiger partial charge is 0.350 e. The van der Waals surface area contributed by atoms with Crippen molar-refractivity contribution in [3.63, 3.8) is 0 Å². The molecular formula is C23H30N4O2S. The molecule has 0 saturated heterocycles. The summed E-state index contributed by atoms with van der Waals surface area (Å²) < 4.78 is 5.73. The van der Waals surface area contributed by atoms with Crippen molar-refractivity contribution in [1.82, 2.24) is 19.0 Å². The number of para-hydroxylation sites is 1. The molecule has 1 N–H and O–H groups in total. The minimum absolute atomic E-state index is 0.0600. The van der Waals surface area contributed by atoms with Crippen molar-refractivity contribution in [1.29, 1.82) is 0 Å². The molecule has 160 valence electrons. The number of hydrogen-bond donors (Lipinski definition) is 1. The van der Waals surface area contributed by atoms with Crippen LogP contribution < -0.4 is 10.9 Å². The van der Waals surface area contributed by atoms with Crippen molar-refractivity contribution in [2.75, 3.05) is 13.1 Å². The summed E-state index contributed by atoms with van der Waals surface area (Å²) >= 11 is 1.74. The highest BCUT2D eigenvalue weighted by atomic mass is 32.2. The van der Waals surface area contributed by atoms with Gasteiger partial charge in [-0.25, -0.2) is 8.99 Å². The van der Waals surface area contributed by atoms with Crippen LogP contribution in [0.5, 0.6) is 0 Å². The first-order chi connectivity index (χ1) is 14.4. The number of nitrogens with zero attached hydrogens (tertiary/aromatic N) is 3. The number of amides is 1. The number of carbonyl (C=O) groups is 1. The SMILES string of the molecule is CCN(CC)Sc1ccc(C(C)NC(=O)CCn2c(=O)c3ccccc3n2C)cc1. The van der Waals surface area contributed by atoms with Gasteiger partial charge in [-0.1, -0.05) is 38.1 Å². The number of aryl methyl sites for hydroxylation is 1. The van der Waals surface area contributed by atoms with Crippen LogP contribution in [0.25, 0.3) is 10.9 Å². The van der Waals surface area contributed by atoms with Crippen molar-refractivity contribution in [2.24, 2.45) is 7.05 Å². The van der Waals surface area contributed by atoms with Gasteiger partial charge in [-0.2, -0.15) is 0 Å². The maximum Gasteiger partial charge on any atom is 0.274 e. The molecule has 3 aromatic rings. The van der Waals surface area contributed by atoms with Crippen LogP contribution in [0.2, 0.25) is 0 Å². The lowest BCUT2D eigenvalue weighted by Crippen LogP contribution is -2.30. The third-order valence-corrected chi connectivity index (χ3v) is 6.59. The molecule has 0 bridgehead atoms. The van der Waals surface area contributed by atoms with E-state index in [2.05, 4.69) is 47.7 Å². The molecule has 0 aliphatic heterocycles. The molecule has 3 rings (SSSR count).